The topological polar surface area (TPSA) is 77.6 Å². The van der Waals surface area contributed by atoms with Crippen LogP contribution in [0.25, 0.3) is 17.0 Å². The van der Waals surface area contributed by atoms with E-state index in [9.17, 15) is 9.59 Å². The molecule has 6 nitrogen and oxygen atoms in total. The highest BCUT2D eigenvalue weighted by Crippen LogP contribution is 2.28. The summed E-state index contributed by atoms with van der Waals surface area (Å²) in [5.41, 5.74) is 2.08. The van der Waals surface area contributed by atoms with Gasteiger partial charge in [0.15, 0.2) is 17.6 Å². The van der Waals surface area contributed by atoms with E-state index in [4.69, 9.17) is 14.2 Å². The fourth-order valence-corrected chi connectivity index (χ4v) is 2.98. The van der Waals surface area contributed by atoms with Gasteiger partial charge in [0.2, 0.25) is 5.78 Å². The minimum Gasteiger partial charge on any atom is -0.493 e. The number of aromatic nitrogens is 1. The van der Waals surface area contributed by atoms with Crippen molar-refractivity contribution in [3.63, 3.8) is 0 Å². The van der Waals surface area contributed by atoms with E-state index in [2.05, 4.69) is 11.6 Å². The molecule has 0 saturated heterocycles. The van der Waals surface area contributed by atoms with Gasteiger partial charge < -0.3 is 19.2 Å². The molecule has 3 rings (SSSR count). The van der Waals surface area contributed by atoms with Gasteiger partial charge >= 0.3 is 5.97 Å². The summed E-state index contributed by atoms with van der Waals surface area (Å²) in [7, 11) is 1.54. The molecular formula is C24H23NO5. The lowest BCUT2D eigenvalue weighted by molar-refractivity contribution is -0.140. The monoisotopic (exact) mass is 405 g/mol. The molecule has 3 aromatic rings. The van der Waals surface area contributed by atoms with Crippen molar-refractivity contribution in [2.24, 2.45) is 0 Å². The molecule has 154 valence electrons. The molecule has 0 spiro atoms. The zero-order valence-electron chi connectivity index (χ0n) is 16.9. The van der Waals surface area contributed by atoms with Crippen molar-refractivity contribution in [2.45, 2.75) is 13.0 Å². The Morgan fingerprint density at radius 1 is 1.17 bits per heavy atom. The second-order valence-corrected chi connectivity index (χ2v) is 6.53. The maximum absolute atomic E-state index is 12.7. The number of carbonyl (C=O) groups excluding carboxylic acids is 2. The van der Waals surface area contributed by atoms with Gasteiger partial charge in [-0.3, -0.25) is 4.79 Å². The van der Waals surface area contributed by atoms with Crippen molar-refractivity contribution in [1.82, 2.24) is 4.98 Å². The molecule has 1 aromatic heterocycles. The van der Waals surface area contributed by atoms with Crippen LogP contribution in [0.15, 0.2) is 67.4 Å². The zero-order valence-corrected chi connectivity index (χ0v) is 16.9. The normalized spacial score (nSPS) is 11.9. The molecule has 0 saturated carbocycles. The first-order valence-electron chi connectivity index (χ1n) is 9.44. The van der Waals surface area contributed by atoms with E-state index in [1.54, 1.807) is 43.5 Å². The Bertz CT molecular complexity index is 1100. The number of hydrogen-bond donors (Lipinski definition) is 1. The average molecular weight is 405 g/mol. The number of carbonyl (C=O) groups is 2. The Labute approximate surface area is 174 Å². The molecule has 1 heterocycles. The molecule has 0 aliphatic carbocycles. The number of Topliss-reactive ketones (excluding diaryl/α,β-unsaturated/α-hetero) is 1. The smallest absolute Gasteiger partial charge is 0.331 e. The largest absolute Gasteiger partial charge is 0.493 e. The highest BCUT2D eigenvalue weighted by molar-refractivity contribution is 6.10. The lowest BCUT2D eigenvalue weighted by Gasteiger charge is -2.11. The minimum atomic E-state index is -0.912. The summed E-state index contributed by atoms with van der Waals surface area (Å²) < 4.78 is 16.1. The predicted octanol–water partition coefficient (Wildman–Crippen LogP) is 4.57. The van der Waals surface area contributed by atoms with E-state index in [0.717, 1.165) is 16.5 Å². The number of ketones is 1. The van der Waals surface area contributed by atoms with Crippen LogP contribution in [0.5, 0.6) is 11.5 Å². The van der Waals surface area contributed by atoms with Gasteiger partial charge in [0.1, 0.15) is 6.61 Å². The average Bonchev–Trinajstić information content (AvgIpc) is 3.20. The number of para-hydroxylation sites is 1. The molecule has 0 amide bonds. The molecule has 0 fully saturated rings. The highest BCUT2D eigenvalue weighted by Gasteiger charge is 2.21. The van der Waals surface area contributed by atoms with Crippen molar-refractivity contribution < 1.29 is 23.8 Å². The number of aromatic amines is 1. The van der Waals surface area contributed by atoms with Crippen LogP contribution in [-0.2, 0) is 9.53 Å². The van der Waals surface area contributed by atoms with Crippen molar-refractivity contribution >= 4 is 28.7 Å². The number of rotatable bonds is 9. The van der Waals surface area contributed by atoms with Crippen LogP contribution in [0.1, 0.15) is 22.8 Å². The molecule has 6 heteroatoms. The van der Waals surface area contributed by atoms with E-state index in [1.165, 1.54) is 13.2 Å². The van der Waals surface area contributed by atoms with Crippen LogP contribution in [0.2, 0.25) is 0 Å². The molecule has 0 unspecified atom stereocenters. The third-order valence-electron chi connectivity index (χ3n) is 4.47. The maximum Gasteiger partial charge on any atom is 0.331 e. The molecule has 0 aliphatic heterocycles. The number of H-pyrrole nitrogens is 1. The minimum absolute atomic E-state index is 0.264. The van der Waals surface area contributed by atoms with Crippen LogP contribution in [0, 0.1) is 0 Å². The number of esters is 1. The number of benzene rings is 2. The third kappa shape index (κ3) is 4.78. The number of ether oxygens (including phenoxy) is 3. The molecule has 2 aromatic carbocycles. The van der Waals surface area contributed by atoms with E-state index in [1.807, 2.05) is 24.3 Å². The van der Waals surface area contributed by atoms with Gasteiger partial charge in [-0.25, -0.2) is 4.79 Å². The lowest BCUT2D eigenvalue weighted by Crippen LogP contribution is -2.23. The molecule has 30 heavy (non-hydrogen) atoms. The van der Waals surface area contributed by atoms with Crippen molar-refractivity contribution in [2.75, 3.05) is 13.7 Å². The molecule has 1 N–H and O–H groups in total. The van der Waals surface area contributed by atoms with Gasteiger partial charge in [0, 0.05) is 28.7 Å². The standard InChI is InChI=1S/C24H23NO5/c1-4-13-29-21-11-9-17(14-22(21)28-3)10-12-23(26)30-16(2)24(27)19-15-25-20-8-6-5-7-18(19)20/h4-12,14-16,25H,1,13H2,2-3H3/b12-10+/t16-/m1/s1. The summed E-state index contributed by atoms with van der Waals surface area (Å²) in [6.45, 7) is 5.53. The predicted molar refractivity (Wildman–Crippen MR) is 116 cm³/mol. The van der Waals surface area contributed by atoms with Gasteiger partial charge in [-0.15, -0.1) is 0 Å². The van der Waals surface area contributed by atoms with Gasteiger partial charge in [0.25, 0.3) is 0 Å². The lowest BCUT2D eigenvalue weighted by atomic mass is 10.1. The van der Waals surface area contributed by atoms with E-state index >= 15 is 0 Å². The fraction of sp³-hybridized carbons (Fsp3) is 0.167. The summed E-state index contributed by atoms with van der Waals surface area (Å²) in [4.78, 5) is 27.9. The van der Waals surface area contributed by atoms with Gasteiger partial charge in [-0.05, 0) is 36.8 Å². The second kappa shape index (κ2) is 9.60. The van der Waals surface area contributed by atoms with Crippen LogP contribution < -0.4 is 9.47 Å². The third-order valence-corrected chi connectivity index (χ3v) is 4.47. The van der Waals surface area contributed by atoms with E-state index in [-0.39, 0.29) is 5.78 Å². The fourth-order valence-electron chi connectivity index (χ4n) is 2.98. The maximum atomic E-state index is 12.7. The molecular weight excluding hydrogens is 382 g/mol. The Morgan fingerprint density at radius 3 is 2.73 bits per heavy atom. The van der Waals surface area contributed by atoms with E-state index < -0.39 is 12.1 Å². The van der Waals surface area contributed by atoms with Crippen molar-refractivity contribution in [3.8, 4) is 11.5 Å². The van der Waals surface area contributed by atoms with Crippen LogP contribution in [-0.4, -0.2) is 36.6 Å². The van der Waals surface area contributed by atoms with Crippen LogP contribution in [0.4, 0.5) is 0 Å². The summed E-state index contributed by atoms with van der Waals surface area (Å²) in [5.74, 6) is 0.242. The number of hydrogen-bond acceptors (Lipinski definition) is 5. The van der Waals surface area contributed by atoms with Crippen LogP contribution in [0.3, 0.4) is 0 Å². The Balaban J connectivity index is 1.65. The summed E-state index contributed by atoms with van der Waals surface area (Å²) in [6.07, 6.45) is 5.23. The summed E-state index contributed by atoms with van der Waals surface area (Å²) >= 11 is 0. The van der Waals surface area contributed by atoms with Crippen molar-refractivity contribution in [1.29, 1.82) is 0 Å². The molecule has 1 atom stereocenters. The molecule has 0 aliphatic rings. The SMILES string of the molecule is C=CCOc1ccc(/C=C/C(=O)O[C@H](C)C(=O)c2c[nH]c3ccccc23)cc1OC. The highest BCUT2D eigenvalue weighted by atomic mass is 16.5. The number of fused-ring (bicyclic) bond motifs is 1. The number of methoxy groups -OCH3 is 1. The number of nitrogens with one attached hydrogen (secondary N) is 1. The quantitative estimate of drug-likeness (QED) is 0.244. The summed E-state index contributed by atoms with van der Waals surface area (Å²) in [5, 5.41) is 0.798. The van der Waals surface area contributed by atoms with Gasteiger partial charge in [-0.1, -0.05) is 36.9 Å². The first-order valence-corrected chi connectivity index (χ1v) is 9.44. The van der Waals surface area contributed by atoms with Gasteiger partial charge in [0.05, 0.1) is 7.11 Å². The first kappa shape index (κ1) is 20.9. The van der Waals surface area contributed by atoms with Crippen molar-refractivity contribution in [3.05, 3.63) is 78.5 Å². The second-order valence-electron chi connectivity index (χ2n) is 6.53. The summed E-state index contributed by atoms with van der Waals surface area (Å²) in [6, 6.07) is 12.7. The molecule has 0 radical (unpaired) electrons. The Morgan fingerprint density at radius 2 is 1.97 bits per heavy atom. The van der Waals surface area contributed by atoms with Crippen LogP contribution >= 0.6 is 0 Å². The molecule has 0 bridgehead atoms. The Hall–Kier alpha value is -3.80. The first-order chi connectivity index (χ1) is 14.5. The Kier molecular flexibility index (Phi) is 6.70. The van der Waals surface area contributed by atoms with E-state index in [0.29, 0.717) is 23.7 Å². The zero-order chi connectivity index (χ0) is 21.5. The van der Waals surface area contributed by atoms with Gasteiger partial charge in [-0.2, -0.15) is 0 Å².